The summed E-state index contributed by atoms with van der Waals surface area (Å²) in [5.41, 5.74) is -1.62. The summed E-state index contributed by atoms with van der Waals surface area (Å²) in [5, 5.41) is 10.5. The predicted octanol–water partition coefficient (Wildman–Crippen LogP) is 3.75. The first-order valence-corrected chi connectivity index (χ1v) is 14.5. The molecule has 2 amide bonds. The number of benzene rings is 1. The van der Waals surface area contributed by atoms with Crippen molar-refractivity contribution in [2.45, 2.75) is 70.2 Å². The Morgan fingerprint density at radius 2 is 1.93 bits per heavy atom. The second-order valence-corrected chi connectivity index (χ2v) is 12.1. The minimum atomic E-state index is -1.25. The van der Waals surface area contributed by atoms with Gasteiger partial charge in [-0.05, 0) is 62.3 Å². The van der Waals surface area contributed by atoms with Crippen molar-refractivity contribution in [1.82, 2.24) is 4.90 Å². The maximum Gasteiger partial charge on any atom is 0.312 e. The van der Waals surface area contributed by atoms with Crippen LogP contribution in [-0.2, 0) is 23.9 Å². The zero-order chi connectivity index (χ0) is 30.1. The zero-order valence-corrected chi connectivity index (χ0v) is 24.9. The van der Waals surface area contributed by atoms with Gasteiger partial charge in [0.15, 0.2) is 0 Å². The van der Waals surface area contributed by atoms with Crippen LogP contribution in [0.3, 0.4) is 0 Å². The number of anilines is 1. The maximum atomic E-state index is 14.7. The Morgan fingerprint density at radius 3 is 2.49 bits per heavy atom. The SMILES string of the molecule is C=CCCOC(=O)[C@@H]1[C@H]2C(=O)N([C@@H](CO)CC(C)C)C(C(=O)N(CC=C)c3ccc(OC)cc3)C23CC(C)[C@@]1(C)O3. The topological polar surface area (TPSA) is 106 Å². The number of esters is 1. The number of aliphatic hydroxyl groups is 1. The van der Waals surface area contributed by atoms with Crippen LogP contribution < -0.4 is 9.64 Å². The number of hydrogen-bond donors (Lipinski definition) is 1. The third-order valence-corrected chi connectivity index (χ3v) is 9.12. The summed E-state index contributed by atoms with van der Waals surface area (Å²) in [6.45, 7) is 15.4. The summed E-state index contributed by atoms with van der Waals surface area (Å²) >= 11 is 0. The molecule has 9 heteroatoms. The number of likely N-dealkylation sites (tertiary alicyclic amines) is 1. The smallest absolute Gasteiger partial charge is 0.312 e. The lowest BCUT2D eigenvalue weighted by molar-refractivity contribution is -0.162. The van der Waals surface area contributed by atoms with Crippen LogP contribution in [-0.4, -0.2) is 77.9 Å². The van der Waals surface area contributed by atoms with Gasteiger partial charge in [0.2, 0.25) is 5.91 Å². The van der Waals surface area contributed by atoms with Crippen molar-refractivity contribution in [1.29, 1.82) is 0 Å². The normalized spacial score (nSPS) is 30.7. The molecule has 0 saturated carbocycles. The molecular weight excluding hydrogens is 524 g/mol. The van der Waals surface area contributed by atoms with Crippen molar-refractivity contribution in [2.24, 2.45) is 23.7 Å². The third-order valence-electron chi connectivity index (χ3n) is 9.12. The average Bonchev–Trinajstić information content (AvgIpc) is 3.46. The minimum absolute atomic E-state index is 0.120. The molecular formula is C32H44N2O7. The number of hydrogen-bond acceptors (Lipinski definition) is 7. The van der Waals surface area contributed by atoms with E-state index in [4.69, 9.17) is 14.2 Å². The van der Waals surface area contributed by atoms with Crippen LogP contribution in [0.1, 0.15) is 47.0 Å². The first-order valence-electron chi connectivity index (χ1n) is 14.5. The van der Waals surface area contributed by atoms with Gasteiger partial charge in [0.25, 0.3) is 5.91 Å². The molecule has 3 fully saturated rings. The first-order chi connectivity index (χ1) is 19.5. The van der Waals surface area contributed by atoms with Gasteiger partial charge in [-0.3, -0.25) is 14.4 Å². The van der Waals surface area contributed by atoms with Gasteiger partial charge in [-0.2, -0.15) is 0 Å². The second kappa shape index (κ2) is 12.0. The molecule has 4 rings (SSSR count). The molecule has 9 nitrogen and oxygen atoms in total. The molecule has 41 heavy (non-hydrogen) atoms. The Labute approximate surface area is 243 Å². The van der Waals surface area contributed by atoms with Crippen LogP contribution in [0.15, 0.2) is 49.6 Å². The molecule has 3 saturated heterocycles. The van der Waals surface area contributed by atoms with E-state index in [0.717, 1.165) is 0 Å². The zero-order valence-electron chi connectivity index (χ0n) is 24.9. The highest BCUT2D eigenvalue weighted by Gasteiger charge is 2.80. The number of aliphatic hydroxyl groups excluding tert-OH is 1. The highest BCUT2D eigenvalue weighted by molar-refractivity contribution is 6.05. The van der Waals surface area contributed by atoms with E-state index < -0.39 is 41.1 Å². The van der Waals surface area contributed by atoms with Gasteiger partial charge in [-0.1, -0.05) is 32.9 Å². The first kappa shape index (κ1) is 30.8. The molecule has 3 unspecified atom stereocenters. The van der Waals surface area contributed by atoms with Gasteiger partial charge >= 0.3 is 5.97 Å². The number of carbonyl (C=O) groups excluding carboxylic acids is 3. The van der Waals surface area contributed by atoms with Gasteiger partial charge in [0.05, 0.1) is 37.9 Å². The van der Waals surface area contributed by atoms with E-state index in [1.54, 1.807) is 48.4 Å². The fraction of sp³-hybridized carbons (Fsp3) is 0.594. The highest BCUT2D eigenvalue weighted by atomic mass is 16.6. The Balaban J connectivity index is 1.84. The number of rotatable bonds is 13. The molecule has 1 aromatic carbocycles. The van der Waals surface area contributed by atoms with Crippen LogP contribution >= 0.6 is 0 Å². The number of methoxy groups -OCH3 is 1. The molecule has 3 aliphatic rings. The lowest BCUT2D eigenvalue weighted by atomic mass is 9.62. The van der Waals surface area contributed by atoms with E-state index in [1.807, 2.05) is 27.7 Å². The predicted molar refractivity (Wildman–Crippen MR) is 155 cm³/mol. The molecule has 3 heterocycles. The third kappa shape index (κ3) is 5.07. The van der Waals surface area contributed by atoms with Gasteiger partial charge < -0.3 is 29.1 Å². The molecule has 7 atom stereocenters. The van der Waals surface area contributed by atoms with Crippen molar-refractivity contribution in [3.63, 3.8) is 0 Å². The number of carbonyl (C=O) groups is 3. The fourth-order valence-electron chi connectivity index (χ4n) is 7.22. The van der Waals surface area contributed by atoms with Crippen LogP contribution in [0.4, 0.5) is 5.69 Å². The van der Waals surface area contributed by atoms with Crippen LogP contribution in [0.25, 0.3) is 0 Å². The summed E-state index contributed by atoms with van der Waals surface area (Å²) < 4.78 is 17.7. The highest BCUT2D eigenvalue weighted by Crippen LogP contribution is 2.65. The largest absolute Gasteiger partial charge is 0.497 e. The van der Waals surface area contributed by atoms with Crippen LogP contribution in [0, 0.1) is 23.7 Å². The summed E-state index contributed by atoms with van der Waals surface area (Å²) in [6, 6.07) is 5.43. The molecule has 0 aromatic heterocycles. The Morgan fingerprint density at radius 1 is 1.24 bits per heavy atom. The van der Waals surface area contributed by atoms with Crippen molar-refractivity contribution in [2.75, 3.05) is 31.8 Å². The number of amides is 2. The number of fused-ring (bicyclic) bond motifs is 1. The van der Waals surface area contributed by atoms with Gasteiger partial charge in [0, 0.05) is 12.2 Å². The quantitative estimate of drug-likeness (QED) is 0.220. The minimum Gasteiger partial charge on any atom is -0.497 e. The van der Waals surface area contributed by atoms with Crippen LogP contribution in [0.2, 0.25) is 0 Å². The molecule has 224 valence electrons. The van der Waals surface area contributed by atoms with E-state index in [2.05, 4.69) is 13.2 Å². The number of nitrogens with zero attached hydrogens (tertiary/aromatic N) is 2. The van der Waals surface area contributed by atoms with E-state index in [-0.39, 0.29) is 43.4 Å². The Bertz CT molecular complexity index is 1170. The van der Waals surface area contributed by atoms with Gasteiger partial charge in [0.1, 0.15) is 23.3 Å². The van der Waals surface area contributed by atoms with Crippen molar-refractivity contribution >= 4 is 23.5 Å². The van der Waals surface area contributed by atoms with Gasteiger partial charge in [-0.15, -0.1) is 13.2 Å². The Kier molecular flexibility index (Phi) is 8.99. The molecule has 1 aromatic rings. The summed E-state index contributed by atoms with van der Waals surface area (Å²) in [7, 11) is 1.57. The molecule has 2 bridgehead atoms. The molecule has 1 N–H and O–H groups in total. The molecule has 1 spiro atoms. The average molecular weight is 569 g/mol. The van der Waals surface area contributed by atoms with Crippen molar-refractivity contribution < 1.29 is 33.7 Å². The summed E-state index contributed by atoms with van der Waals surface area (Å²) in [6.07, 6.45) is 4.70. The van der Waals surface area contributed by atoms with E-state index in [1.165, 1.54) is 4.90 Å². The molecule has 0 aliphatic carbocycles. The van der Waals surface area contributed by atoms with Crippen molar-refractivity contribution in [3.05, 3.63) is 49.6 Å². The fourth-order valence-corrected chi connectivity index (χ4v) is 7.22. The molecule has 3 aliphatic heterocycles. The number of ether oxygens (including phenoxy) is 3. The van der Waals surface area contributed by atoms with E-state index >= 15 is 0 Å². The lowest BCUT2D eigenvalue weighted by Crippen LogP contribution is -2.59. The maximum absolute atomic E-state index is 14.7. The van der Waals surface area contributed by atoms with Crippen LogP contribution in [0.5, 0.6) is 5.75 Å². The van der Waals surface area contributed by atoms with Crippen molar-refractivity contribution in [3.8, 4) is 5.75 Å². The Hall–Kier alpha value is -3.17. The van der Waals surface area contributed by atoms with E-state index in [9.17, 15) is 19.5 Å². The second-order valence-electron chi connectivity index (χ2n) is 12.1. The van der Waals surface area contributed by atoms with E-state index in [0.29, 0.717) is 30.7 Å². The molecule has 0 radical (unpaired) electrons. The lowest BCUT2D eigenvalue weighted by Gasteiger charge is -2.40. The van der Waals surface area contributed by atoms with Gasteiger partial charge in [-0.25, -0.2) is 0 Å². The monoisotopic (exact) mass is 568 g/mol. The summed E-state index contributed by atoms with van der Waals surface area (Å²) in [4.78, 5) is 45.9. The standard InChI is InChI=1S/C32H44N2O7/c1-8-10-16-40-30(38)26-25-28(36)34(23(19-35)17-20(3)4)27(32(25)18-21(5)31(26,6)41-32)29(37)33(15-9-2)22-11-13-24(39-7)14-12-22/h8-9,11-14,20-21,23,25-27,35H,1-2,10,15-19H2,3-7H3/t21?,23-,25+,26+,27?,31-,32?/m1/s1. The summed E-state index contributed by atoms with van der Waals surface area (Å²) in [5.74, 6) is -2.31.